The molecule has 0 spiro atoms. The minimum absolute atomic E-state index is 0.0726. The molecule has 1 aromatic heterocycles. The molecule has 3 N–H and O–H groups in total. The highest BCUT2D eigenvalue weighted by Gasteiger charge is 2.50. The van der Waals surface area contributed by atoms with Gasteiger partial charge in [0.1, 0.15) is 0 Å². The summed E-state index contributed by atoms with van der Waals surface area (Å²) in [5, 5.41) is 16.8. The third-order valence-electron chi connectivity index (χ3n) is 7.09. The van der Waals surface area contributed by atoms with Crippen LogP contribution >= 0.6 is 0 Å². The normalized spacial score (nSPS) is 24.1. The smallest absolute Gasteiger partial charge is 0.258 e. The molecule has 0 radical (unpaired) electrons. The predicted octanol–water partition coefficient (Wildman–Crippen LogP) is 3.15. The average molecular weight is 456 g/mol. The molecule has 2 bridgehead atoms. The second-order valence-electron chi connectivity index (χ2n) is 9.14. The fraction of sp³-hybridized carbons (Fsp3) is 0.286. The van der Waals surface area contributed by atoms with E-state index in [2.05, 4.69) is 10.6 Å². The third-order valence-corrected chi connectivity index (χ3v) is 7.09. The lowest BCUT2D eigenvalue weighted by Crippen LogP contribution is -2.43. The van der Waals surface area contributed by atoms with Crippen LogP contribution in [0, 0.1) is 11.8 Å². The summed E-state index contributed by atoms with van der Waals surface area (Å²) in [6.45, 7) is 2.27. The summed E-state index contributed by atoms with van der Waals surface area (Å²) in [5.41, 5.74) is 3.37. The van der Waals surface area contributed by atoms with Crippen molar-refractivity contribution >= 4 is 18.1 Å². The molecule has 34 heavy (non-hydrogen) atoms. The molecule has 1 fully saturated rings. The zero-order chi connectivity index (χ0) is 23.7. The van der Waals surface area contributed by atoms with Crippen LogP contribution in [0.2, 0.25) is 0 Å². The lowest BCUT2D eigenvalue weighted by Gasteiger charge is -2.28. The Bertz CT molecular complexity index is 1250. The summed E-state index contributed by atoms with van der Waals surface area (Å²) in [6.07, 6.45) is 3.77. The highest BCUT2D eigenvalue weighted by atomic mass is 16.3. The monoisotopic (exact) mass is 455 g/mol. The van der Waals surface area contributed by atoms with Gasteiger partial charge in [-0.15, -0.1) is 0 Å². The van der Waals surface area contributed by atoms with E-state index in [1.165, 1.54) is 0 Å². The number of carbonyl (C=O) groups excluding carboxylic acids is 1. The number of benzene rings is 2. The van der Waals surface area contributed by atoms with Crippen molar-refractivity contribution in [3.05, 3.63) is 106 Å². The maximum atomic E-state index is 13.4. The number of amides is 1. The van der Waals surface area contributed by atoms with Crippen LogP contribution in [0.15, 0.2) is 77.6 Å². The van der Waals surface area contributed by atoms with Gasteiger partial charge in [0.2, 0.25) is 5.91 Å². The summed E-state index contributed by atoms with van der Waals surface area (Å²) in [5.74, 6) is -0.833. The first-order valence-corrected chi connectivity index (χ1v) is 11.8. The largest absolute Gasteiger partial charge is 0.396 e. The fourth-order valence-corrected chi connectivity index (χ4v) is 5.28. The molecule has 6 heteroatoms. The van der Waals surface area contributed by atoms with Crippen molar-refractivity contribution in [1.82, 2.24) is 15.2 Å². The van der Waals surface area contributed by atoms with Crippen LogP contribution in [0.5, 0.6) is 0 Å². The molecule has 2 aliphatic rings. The standard InChI is InChI=1S/C28H29N3O3/c1-18(20-10-6-3-7-11-20)29-27(33)25-22(17-32)23-16-31-24(26(25)30-23)15-14-21(28(31)34)13-12-19-8-4-2-5-9-19/h2-15,18,22-23,25-26,30,32H,16-17H2,1H3,(H,29,33)/b13-12+/t18-,22+,23+,25-,26-/m0/s1. The Balaban J connectivity index is 1.42. The number of pyridine rings is 1. The van der Waals surface area contributed by atoms with Gasteiger partial charge in [-0.2, -0.15) is 0 Å². The molecule has 0 unspecified atom stereocenters. The first-order valence-electron chi connectivity index (χ1n) is 11.8. The van der Waals surface area contributed by atoms with Gasteiger partial charge in [-0.05, 0) is 36.3 Å². The number of carbonyl (C=O) groups is 1. The molecule has 0 saturated carbocycles. The van der Waals surface area contributed by atoms with Crippen molar-refractivity contribution in [3.8, 4) is 0 Å². The topological polar surface area (TPSA) is 83.4 Å². The molecule has 3 heterocycles. The lowest BCUT2D eigenvalue weighted by atomic mass is 9.86. The third kappa shape index (κ3) is 4.11. The van der Waals surface area contributed by atoms with E-state index in [1.807, 2.05) is 91.9 Å². The highest BCUT2D eigenvalue weighted by molar-refractivity contribution is 5.81. The summed E-state index contributed by atoms with van der Waals surface area (Å²) < 4.78 is 1.77. The average Bonchev–Trinajstić information content (AvgIpc) is 3.17. The van der Waals surface area contributed by atoms with Crippen LogP contribution in [0.4, 0.5) is 0 Å². The van der Waals surface area contributed by atoms with E-state index in [0.717, 1.165) is 16.8 Å². The van der Waals surface area contributed by atoms with Crippen molar-refractivity contribution in [3.63, 3.8) is 0 Å². The van der Waals surface area contributed by atoms with E-state index in [-0.39, 0.29) is 42.1 Å². The Morgan fingerprint density at radius 3 is 2.50 bits per heavy atom. The summed E-state index contributed by atoms with van der Waals surface area (Å²) >= 11 is 0. The number of nitrogens with one attached hydrogen (secondary N) is 2. The van der Waals surface area contributed by atoms with Gasteiger partial charge in [0.05, 0.1) is 18.0 Å². The van der Waals surface area contributed by atoms with Gasteiger partial charge < -0.3 is 20.3 Å². The van der Waals surface area contributed by atoms with Gasteiger partial charge >= 0.3 is 0 Å². The first kappa shape index (κ1) is 22.3. The number of aromatic nitrogens is 1. The molecule has 5 rings (SSSR count). The van der Waals surface area contributed by atoms with Gasteiger partial charge in [-0.3, -0.25) is 9.59 Å². The second-order valence-corrected chi connectivity index (χ2v) is 9.14. The van der Waals surface area contributed by atoms with E-state index in [9.17, 15) is 14.7 Å². The number of hydrogen-bond donors (Lipinski definition) is 3. The summed E-state index contributed by atoms with van der Waals surface area (Å²) in [7, 11) is 0. The van der Waals surface area contributed by atoms with Crippen molar-refractivity contribution < 1.29 is 9.90 Å². The molecule has 6 nitrogen and oxygen atoms in total. The van der Waals surface area contributed by atoms with Gasteiger partial charge in [0.25, 0.3) is 5.56 Å². The Hall–Kier alpha value is -3.48. The van der Waals surface area contributed by atoms with Crippen molar-refractivity contribution in [1.29, 1.82) is 0 Å². The molecular weight excluding hydrogens is 426 g/mol. The van der Waals surface area contributed by atoms with Crippen LogP contribution in [0.25, 0.3) is 12.2 Å². The van der Waals surface area contributed by atoms with Gasteiger partial charge in [-0.1, -0.05) is 66.7 Å². The van der Waals surface area contributed by atoms with E-state index >= 15 is 0 Å². The van der Waals surface area contributed by atoms with Crippen molar-refractivity contribution in [2.75, 3.05) is 6.61 Å². The zero-order valence-electron chi connectivity index (χ0n) is 19.1. The van der Waals surface area contributed by atoms with Crippen molar-refractivity contribution in [2.45, 2.75) is 31.6 Å². The quantitative estimate of drug-likeness (QED) is 0.533. The fourth-order valence-electron chi connectivity index (χ4n) is 5.28. The van der Waals surface area contributed by atoms with Gasteiger partial charge in [-0.25, -0.2) is 0 Å². The molecule has 174 valence electrons. The minimum atomic E-state index is -0.458. The summed E-state index contributed by atoms with van der Waals surface area (Å²) in [4.78, 5) is 26.7. The molecule has 2 aliphatic heterocycles. The van der Waals surface area contributed by atoms with E-state index in [4.69, 9.17) is 0 Å². The highest BCUT2D eigenvalue weighted by Crippen LogP contribution is 2.41. The molecule has 0 aliphatic carbocycles. The Morgan fingerprint density at radius 1 is 1.09 bits per heavy atom. The molecule has 1 saturated heterocycles. The van der Waals surface area contributed by atoms with Gasteiger partial charge in [0.15, 0.2) is 0 Å². The lowest BCUT2D eigenvalue weighted by molar-refractivity contribution is -0.127. The molecular formula is C28H29N3O3. The Labute approximate surface area is 199 Å². The number of nitrogens with zero attached hydrogens (tertiary/aromatic N) is 1. The van der Waals surface area contributed by atoms with E-state index in [1.54, 1.807) is 4.57 Å². The number of aliphatic hydroxyl groups excluding tert-OH is 1. The van der Waals surface area contributed by atoms with Crippen LogP contribution in [0.1, 0.15) is 41.4 Å². The summed E-state index contributed by atoms with van der Waals surface area (Å²) in [6, 6.07) is 22.8. The van der Waals surface area contributed by atoms with Crippen LogP contribution < -0.4 is 16.2 Å². The second kappa shape index (κ2) is 9.41. The van der Waals surface area contributed by atoms with E-state index < -0.39 is 5.92 Å². The van der Waals surface area contributed by atoms with E-state index in [0.29, 0.717) is 12.1 Å². The molecule has 2 aromatic carbocycles. The zero-order valence-corrected chi connectivity index (χ0v) is 19.1. The van der Waals surface area contributed by atoms with Crippen molar-refractivity contribution in [2.24, 2.45) is 11.8 Å². The Kier molecular flexibility index (Phi) is 6.18. The van der Waals surface area contributed by atoms with Gasteiger partial charge in [0, 0.05) is 36.4 Å². The molecule has 1 amide bonds. The van der Waals surface area contributed by atoms with Crippen LogP contribution in [-0.2, 0) is 11.3 Å². The minimum Gasteiger partial charge on any atom is -0.396 e. The first-order chi connectivity index (χ1) is 16.6. The molecule has 5 atom stereocenters. The molecule has 3 aromatic rings. The number of hydrogen-bond acceptors (Lipinski definition) is 4. The maximum absolute atomic E-state index is 13.4. The van der Waals surface area contributed by atoms with Crippen LogP contribution in [0.3, 0.4) is 0 Å². The number of rotatable bonds is 6. The Morgan fingerprint density at radius 2 is 1.79 bits per heavy atom. The SMILES string of the molecule is C[C@H](NC(=O)[C@H]1[C@H](CO)[C@H]2Cn3c(ccc(/C=C/c4ccccc4)c3=O)[C@@H]1N2)c1ccccc1. The number of fused-ring (bicyclic) bond motifs is 4. The predicted molar refractivity (Wildman–Crippen MR) is 133 cm³/mol. The van der Waals surface area contributed by atoms with Crippen LogP contribution in [-0.4, -0.2) is 28.2 Å². The maximum Gasteiger partial charge on any atom is 0.258 e. The number of aliphatic hydroxyl groups is 1.